The molecule has 0 saturated carbocycles. The number of benzene rings is 1. The molecule has 0 unspecified atom stereocenters. The van der Waals surface area contributed by atoms with Crippen LogP contribution in [0.4, 0.5) is 5.69 Å². The number of carbonyl (C=O) groups excluding carboxylic acids is 3. The molecular weight excluding hydrogens is 472 g/mol. The minimum atomic E-state index is -1.16. The van der Waals surface area contributed by atoms with Crippen LogP contribution in [-0.2, 0) is 23.9 Å². The van der Waals surface area contributed by atoms with E-state index in [9.17, 15) is 19.5 Å². The number of ether oxygens (including phenoxy) is 2. The standard InChI is InChI=1S/C26H33ClN2O6/c1-5-13-28(17-9-7-16(27)8-10-17)24(32)22-26-12-11-19(35-26)20(25(33)34-6-2)21(26)23(31)29(22)18(14-30)15(3)4/h5,7-10,15,18-22,30H,1,6,11-14H2,2-4H3/t18-,19+,20-,21-,22+,26-/m0/s1. The molecule has 3 fully saturated rings. The number of esters is 1. The molecule has 8 nitrogen and oxygen atoms in total. The molecule has 0 aromatic heterocycles. The number of fused-ring (bicyclic) bond motifs is 1. The Morgan fingerprint density at radius 2 is 2.06 bits per heavy atom. The van der Waals surface area contributed by atoms with Gasteiger partial charge in [0.25, 0.3) is 5.91 Å². The summed E-state index contributed by atoms with van der Waals surface area (Å²) < 4.78 is 11.7. The van der Waals surface area contributed by atoms with Gasteiger partial charge in [-0.25, -0.2) is 0 Å². The molecule has 1 spiro atoms. The Morgan fingerprint density at radius 3 is 2.63 bits per heavy atom. The van der Waals surface area contributed by atoms with Crippen LogP contribution in [0.15, 0.2) is 36.9 Å². The molecule has 2 amide bonds. The zero-order valence-corrected chi connectivity index (χ0v) is 21.1. The highest BCUT2D eigenvalue weighted by Gasteiger charge is 2.75. The molecule has 190 valence electrons. The lowest BCUT2D eigenvalue weighted by molar-refractivity contribution is -0.155. The number of carbonyl (C=O) groups is 3. The summed E-state index contributed by atoms with van der Waals surface area (Å²) in [6, 6.07) is 5.24. The number of hydrogen-bond acceptors (Lipinski definition) is 6. The molecule has 9 heteroatoms. The first-order valence-electron chi connectivity index (χ1n) is 12.2. The van der Waals surface area contributed by atoms with Crippen molar-refractivity contribution in [3.63, 3.8) is 0 Å². The highest BCUT2D eigenvalue weighted by molar-refractivity contribution is 6.30. The predicted octanol–water partition coefficient (Wildman–Crippen LogP) is 2.81. The Bertz CT molecular complexity index is 998. The van der Waals surface area contributed by atoms with E-state index in [0.29, 0.717) is 23.6 Å². The minimum absolute atomic E-state index is 0.129. The Hall–Kier alpha value is -2.42. The number of anilines is 1. The summed E-state index contributed by atoms with van der Waals surface area (Å²) in [5, 5.41) is 10.8. The van der Waals surface area contributed by atoms with Gasteiger partial charge in [-0.1, -0.05) is 31.5 Å². The summed E-state index contributed by atoms with van der Waals surface area (Å²) in [5.41, 5.74) is -0.559. The molecule has 4 rings (SSSR count). The predicted molar refractivity (Wildman–Crippen MR) is 131 cm³/mol. The maximum Gasteiger partial charge on any atom is 0.312 e. The van der Waals surface area contributed by atoms with Crippen LogP contribution in [0.25, 0.3) is 0 Å². The highest BCUT2D eigenvalue weighted by Crippen LogP contribution is 2.59. The van der Waals surface area contributed by atoms with Crippen LogP contribution in [0.2, 0.25) is 5.02 Å². The van der Waals surface area contributed by atoms with E-state index in [-0.39, 0.29) is 37.5 Å². The summed E-state index contributed by atoms with van der Waals surface area (Å²) in [6.45, 7) is 9.39. The normalized spacial score (nSPS) is 29.9. The number of likely N-dealkylation sites (tertiary alicyclic amines) is 1. The summed E-state index contributed by atoms with van der Waals surface area (Å²) in [5.74, 6) is -2.89. The Morgan fingerprint density at radius 1 is 1.37 bits per heavy atom. The topological polar surface area (TPSA) is 96.4 Å². The van der Waals surface area contributed by atoms with Gasteiger partial charge >= 0.3 is 5.97 Å². The molecule has 6 atom stereocenters. The van der Waals surface area contributed by atoms with Crippen molar-refractivity contribution >= 4 is 35.1 Å². The molecular formula is C26H33ClN2O6. The van der Waals surface area contributed by atoms with E-state index in [1.165, 1.54) is 4.90 Å². The van der Waals surface area contributed by atoms with Gasteiger partial charge in [-0.2, -0.15) is 0 Å². The maximum atomic E-state index is 14.3. The van der Waals surface area contributed by atoms with Gasteiger partial charge in [0.2, 0.25) is 5.91 Å². The molecule has 3 aliphatic rings. The lowest BCUT2D eigenvalue weighted by Gasteiger charge is -2.40. The van der Waals surface area contributed by atoms with Gasteiger partial charge < -0.3 is 24.4 Å². The van der Waals surface area contributed by atoms with Crippen LogP contribution < -0.4 is 4.90 Å². The molecule has 35 heavy (non-hydrogen) atoms. The van der Waals surface area contributed by atoms with Crippen LogP contribution in [-0.4, -0.2) is 71.3 Å². The molecule has 3 saturated heterocycles. The molecule has 0 radical (unpaired) electrons. The third-order valence-corrected chi connectivity index (χ3v) is 7.81. The third kappa shape index (κ3) is 4.05. The minimum Gasteiger partial charge on any atom is -0.466 e. The second-order valence-electron chi connectivity index (χ2n) is 9.76. The Balaban J connectivity index is 1.82. The van der Waals surface area contributed by atoms with E-state index >= 15 is 0 Å². The average Bonchev–Trinajstić information content (AvgIpc) is 3.46. The summed E-state index contributed by atoms with van der Waals surface area (Å²) >= 11 is 6.06. The first kappa shape index (κ1) is 25.7. The van der Waals surface area contributed by atoms with E-state index < -0.39 is 41.6 Å². The second-order valence-corrected chi connectivity index (χ2v) is 10.2. The largest absolute Gasteiger partial charge is 0.466 e. The summed E-state index contributed by atoms with van der Waals surface area (Å²) in [4.78, 5) is 44.3. The average molecular weight is 505 g/mol. The fourth-order valence-electron chi connectivity index (χ4n) is 6.07. The van der Waals surface area contributed by atoms with Crippen LogP contribution in [0.5, 0.6) is 0 Å². The number of hydrogen-bond donors (Lipinski definition) is 1. The SMILES string of the molecule is C=CCN(C(=O)[C@H]1N([C@@H](CO)C(C)C)C(=O)[C@@H]2[C@@H](C(=O)OCC)[C@H]3CC[C@]21O3)c1ccc(Cl)cc1. The van der Waals surface area contributed by atoms with Gasteiger partial charge in [0.05, 0.1) is 37.2 Å². The smallest absolute Gasteiger partial charge is 0.312 e. The number of halogens is 1. The monoisotopic (exact) mass is 504 g/mol. The van der Waals surface area contributed by atoms with Crippen LogP contribution in [0.3, 0.4) is 0 Å². The van der Waals surface area contributed by atoms with Crippen molar-refractivity contribution in [2.45, 2.75) is 57.4 Å². The van der Waals surface area contributed by atoms with Crippen molar-refractivity contribution in [3.8, 4) is 0 Å². The van der Waals surface area contributed by atoms with E-state index in [2.05, 4.69) is 6.58 Å². The number of aliphatic hydroxyl groups excluding tert-OH is 1. The lowest BCUT2D eigenvalue weighted by atomic mass is 9.70. The van der Waals surface area contributed by atoms with Crippen LogP contribution >= 0.6 is 11.6 Å². The molecule has 0 aliphatic carbocycles. The van der Waals surface area contributed by atoms with Gasteiger partial charge in [-0.15, -0.1) is 6.58 Å². The van der Waals surface area contributed by atoms with Gasteiger partial charge in [-0.05, 0) is 49.9 Å². The van der Waals surface area contributed by atoms with Crippen molar-refractivity contribution in [3.05, 3.63) is 41.9 Å². The zero-order chi connectivity index (χ0) is 25.5. The molecule has 1 aromatic carbocycles. The van der Waals surface area contributed by atoms with E-state index in [1.807, 2.05) is 13.8 Å². The fourth-order valence-corrected chi connectivity index (χ4v) is 6.20. The zero-order valence-electron chi connectivity index (χ0n) is 20.4. The first-order valence-corrected chi connectivity index (χ1v) is 12.5. The number of rotatable bonds is 9. The number of aliphatic hydroxyl groups is 1. The quantitative estimate of drug-likeness (QED) is 0.410. The van der Waals surface area contributed by atoms with E-state index in [0.717, 1.165) is 0 Å². The van der Waals surface area contributed by atoms with Crippen molar-refractivity contribution in [2.24, 2.45) is 17.8 Å². The fraction of sp³-hybridized carbons (Fsp3) is 0.577. The Kier molecular flexibility index (Phi) is 7.27. The molecule has 1 N–H and O–H groups in total. The van der Waals surface area contributed by atoms with Crippen molar-refractivity contribution < 1.29 is 29.0 Å². The molecule has 2 bridgehead atoms. The van der Waals surface area contributed by atoms with Crippen LogP contribution in [0, 0.1) is 17.8 Å². The van der Waals surface area contributed by atoms with Crippen molar-refractivity contribution in [1.82, 2.24) is 4.90 Å². The molecule has 3 aliphatic heterocycles. The summed E-state index contributed by atoms with van der Waals surface area (Å²) in [7, 11) is 0. The van der Waals surface area contributed by atoms with E-state index in [4.69, 9.17) is 21.1 Å². The van der Waals surface area contributed by atoms with Gasteiger partial charge in [0, 0.05) is 17.3 Å². The van der Waals surface area contributed by atoms with Crippen molar-refractivity contribution in [1.29, 1.82) is 0 Å². The highest BCUT2D eigenvalue weighted by atomic mass is 35.5. The number of nitrogens with zero attached hydrogens (tertiary/aromatic N) is 2. The van der Waals surface area contributed by atoms with E-state index in [1.54, 1.807) is 42.2 Å². The maximum absolute atomic E-state index is 14.3. The summed E-state index contributed by atoms with van der Waals surface area (Å²) in [6.07, 6.45) is 2.16. The van der Waals surface area contributed by atoms with Gasteiger partial charge in [-0.3, -0.25) is 14.4 Å². The van der Waals surface area contributed by atoms with Crippen LogP contribution in [0.1, 0.15) is 33.6 Å². The second kappa shape index (κ2) is 9.91. The first-order chi connectivity index (χ1) is 16.7. The number of amides is 2. The lowest BCUT2D eigenvalue weighted by Crippen LogP contribution is -2.59. The molecule has 1 aromatic rings. The third-order valence-electron chi connectivity index (χ3n) is 7.56. The Labute approximate surface area is 210 Å². The van der Waals surface area contributed by atoms with Gasteiger partial charge in [0.15, 0.2) is 0 Å². The van der Waals surface area contributed by atoms with Gasteiger partial charge in [0.1, 0.15) is 11.6 Å². The molecule has 3 heterocycles. The van der Waals surface area contributed by atoms with Crippen molar-refractivity contribution in [2.75, 3.05) is 24.7 Å².